The van der Waals surface area contributed by atoms with E-state index in [9.17, 15) is 4.79 Å². The molecule has 0 spiro atoms. The van der Waals surface area contributed by atoms with Crippen molar-refractivity contribution >= 4 is 17.5 Å². The zero-order chi connectivity index (χ0) is 20.9. The fraction of sp³-hybridized carbons (Fsp3) is 0.348. The molecule has 0 unspecified atom stereocenters. The molecular weight excluding hydrogens is 402 g/mol. The Kier molecular flexibility index (Phi) is 6.33. The first-order valence-electron chi connectivity index (χ1n) is 10.1. The quantitative estimate of drug-likeness (QED) is 0.579. The Morgan fingerprint density at radius 3 is 2.70 bits per heavy atom. The molecule has 30 heavy (non-hydrogen) atoms. The van der Waals surface area contributed by atoms with Crippen molar-refractivity contribution in [1.82, 2.24) is 15.0 Å². The van der Waals surface area contributed by atoms with Crippen LogP contribution >= 0.6 is 11.6 Å². The highest BCUT2D eigenvalue weighted by Gasteiger charge is 2.27. The molecule has 0 N–H and O–H groups in total. The van der Waals surface area contributed by atoms with Crippen molar-refractivity contribution in [3.05, 3.63) is 76.4 Å². The number of likely N-dealkylation sites (tertiary alicyclic amines) is 1. The highest BCUT2D eigenvalue weighted by molar-refractivity contribution is 6.30. The molecule has 0 radical (unpaired) electrons. The van der Waals surface area contributed by atoms with Gasteiger partial charge in [0.25, 0.3) is 5.89 Å². The molecule has 1 aliphatic heterocycles. The monoisotopic (exact) mass is 425 g/mol. The van der Waals surface area contributed by atoms with Crippen molar-refractivity contribution in [1.29, 1.82) is 0 Å². The minimum absolute atomic E-state index is 0.121. The third-order valence-corrected chi connectivity index (χ3v) is 5.56. The highest BCUT2D eigenvalue weighted by atomic mass is 35.5. The van der Waals surface area contributed by atoms with Crippen LogP contribution in [0.4, 0.5) is 0 Å². The Morgan fingerprint density at radius 1 is 1.20 bits per heavy atom. The summed E-state index contributed by atoms with van der Waals surface area (Å²) in [5.41, 5.74) is 2.12. The lowest BCUT2D eigenvalue weighted by molar-refractivity contribution is -0.131. The van der Waals surface area contributed by atoms with E-state index in [1.165, 1.54) is 5.56 Å². The first-order valence-corrected chi connectivity index (χ1v) is 10.5. The number of aromatic nitrogens is 2. The number of hydrogen-bond donors (Lipinski definition) is 0. The van der Waals surface area contributed by atoms with E-state index in [-0.39, 0.29) is 18.4 Å². The number of carbonyl (C=O) groups excluding carboxylic acids is 1. The van der Waals surface area contributed by atoms with Crippen LogP contribution in [0.1, 0.15) is 41.6 Å². The zero-order valence-electron chi connectivity index (χ0n) is 16.9. The highest BCUT2D eigenvalue weighted by Crippen LogP contribution is 2.26. The van der Waals surface area contributed by atoms with Gasteiger partial charge in [0, 0.05) is 24.0 Å². The number of amides is 1. The summed E-state index contributed by atoms with van der Waals surface area (Å²) in [5, 5.41) is 4.78. The van der Waals surface area contributed by atoms with Crippen LogP contribution in [0.25, 0.3) is 0 Å². The number of hydrogen-bond acceptors (Lipinski definition) is 5. The predicted octanol–water partition coefficient (Wildman–Crippen LogP) is 4.56. The Balaban J connectivity index is 1.27. The molecule has 1 amide bonds. The second kappa shape index (κ2) is 9.30. The van der Waals surface area contributed by atoms with E-state index in [4.69, 9.17) is 20.9 Å². The van der Waals surface area contributed by atoms with Crippen LogP contribution in [0, 0.1) is 6.92 Å². The number of aryl methyl sites for hydroxylation is 1. The minimum atomic E-state index is 0.121. The van der Waals surface area contributed by atoms with Gasteiger partial charge in [0.1, 0.15) is 5.75 Å². The molecule has 0 bridgehead atoms. The van der Waals surface area contributed by atoms with E-state index in [0.29, 0.717) is 36.2 Å². The lowest BCUT2D eigenvalue weighted by Crippen LogP contribution is -2.39. The van der Waals surface area contributed by atoms with Crippen LogP contribution < -0.4 is 4.74 Å². The number of rotatable bonds is 6. The fourth-order valence-corrected chi connectivity index (χ4v) is 3.81. The fourth-order valence-electron chi connectivity index (χ4n) is 3.59. The van der Waals surface area contributed by atoms with E-state index >= 15 is 0 Å². The van der Waals surface area contributed by atoms with Gasteiger partial charge in [0.05, 0.1) is 6.42 Å². The van der Waals surface area contributed by atoms with Gasteiger partial charge < -0.3 is 14.2 Å². The number of benzene rings is 2. The molecule has 0 atom stereocenters. The first kappa shape index (κ1) is 20.4. The molecule has 2 aromatic carbocycles. The van der Waals surface area contributed by atoms with Gasteiger partial charge in [-0.25, -0.2) is 0 Å². The Labute approximate surface area is 180 Å². The molecular formula is C23H24ClN3O3. The maximum Gasteiger partial charge on any atom is 0.264 e. The van der Waals surface area contributed by atoms with Crippen molar-refractivity contribution in [2.24, 2.45) is 0 Å². The molecule has 0 saturated carbocycles. The van der Waals surface area contributed by atoms with Crippen LogP contribution in [0.2, 0.25) is 5.02 Å². The van der Waals surface area contributed by atoms with Crippen molar-refractivity contribution in [2.45, 2.75) is 38.7 Å². The maximum atomic E-state index is 12.6. The molecule has 3 aromatic rings. The zero-order valence-corrected chi connectivity index (χ0v) is 17.6. The Hall–Kier alpha value is -2.86. The lowest BCUT2D eigenvalue weighted by Gasteiger charge is -2.30. The van der Waals surface area contributed by atoms with E-state index in [1.807, 2.05) is 60.4 Å². The first-order chi connectivity index (χ1) is 14.6. The maximum absolute atomic E-state index is 12.6. The Morgan fingerprint density at radius 2 is 1.97 bits per heavy atom. The molecule has 156 valence electrons. The number of piperidine rings is 1. The SMILES string of the molecule is Cc1ccc(OCc2nc(C3CCN(C(=O)Cc4cccc(Cl)c4)CC3)no2)cc1. The van der Waals surface area contributed by atoms with Crippen molar-refractivity contribution < 1.29 is 14.1 Å². The van der Waals surface area contributed by atoms with E-state index in [0.717, 1.165) is 24.2 Å². The van der Waals surface area contributed by atoms with Crippen molar-refractivity contribution in [3.63, 3.8) is 0 Å². The summed E-state index contributed by atoms with van der Waals surface area (Å²) in [6, 6.07) is 15.3. The molecule has 7 heteroatoms. The smallest absolute Gasteiger partial charge is 0.264 e. The van der Waals surface area contributed by atoms with Gasteiger partial charge in [0.15, 0.2) is 12.4 Å². The van der Waals surface area contributed by atoms with Gasteiger partial charge in [-0.2, -0.15) is 4.98 Å². The molecule has 6 nitrogen and oxygen atoms in total. The van der Waals surface area contributed by atoms with Gasteiger partial charge in [-0.15, -0.1) is 0 Å². The number of ether oxygens (including phenoxy) is 1. The van der Waals surface area contributed by atoms with Crippen LogP contribution in [0.5, 0.6) is 5.75 Å². The topological polar surface area (TPSA) is 68.5 Å². The third-order valence-electron chi connectivity index (χ3n) is 5.32. The second-order valence-electron chi connectivity index (χ2n) is 7.61. The molecule has 0 aliphatic carbocycles. The van der Waals surface area contributed by atoms with Gasteiger partial charge in [-0.3, -0.25) is 4.79 Å². The summed E-state index contributed by atoms with van der Waals surface area (Å²) in [6.07, 6.45) is 2.01. The number of carbonyl (C=O) groups is 1. The molecule has 1 fully saturated rings. The summed E-state index contributed by atoms with van der Waals surface area (Å²) >= 11 is 6.01. The summed E-state index contributed by atoms with van der Waals surface area (Å²) in [4.78, 5) is 19.0. The number of nitrogens with zero attached hydrogens (tertiary/aromatic N) is 3. The summed E-state index contributed by atoms with van der Waals surface area (Å²) in [7, 11) is 0. The standard InChI is InChI=1S/C23H24ClN3O3/c1-16-5-7-20(8-6-16)29-15-21-25-23(26-30-21)18-9-11-27(12-10-18)22(28)14-17-3-2-4-19(24)13-17/h2-8,13,18H,9-12,14-15H2,1H3. The van der Waals surface area contributed by atoms with E-state index in [2.05, 4.69) is 10.1 Å². The van der Waals surface area contributed by atoms with Crippen molar-refractivity contribution in [2.75, 3.05) is 13.1 Å². The van der Waals surface area contributed by atoms with E-state index < -0.39 is 0 Å². The van der Waals surface area contributed by atoms with Crippen LogP contribution in [-0.4, -0.2) is 34.0 Å². The summed E-state index contributed by atoms with van der Waals surface area (Å²) in [5.74, 6) is 2.24. The Bertz CT molecular complexity index is 995. The van der Waals surface area contributed by atoms with Crippen LogP contribution in [0.15, 0.2) is 53.1 Å². The van der Waals surface area contributed by atoms with Gasteiger partial charge in [-0.1, -0.05) is 46.6 Å². The molecule has 1 aliphatic rings. The van der Waals surface area contributed by atoms with Crippen LogP contribution in [-0.2, 0) is 17.8 Å². The van der Waals surface area contributed by atoms with Gasteiger partial charge in [-0.05, 0) is 49.6 Å². The predicted molar refractivity (Wildman–Crippen MR) is 114 cm³/mol. The molecule has 1 saturated heterocycles. The average Bonchev–Trinajstić information content (AvgIpc) is 3.22. The molecule has 2 heterocycles. The van der Waals surface area contributed by atoms with E-state index in [1.54, 1.807) is 0 Å². The molecule has 1 aromatic heterocycles. The second-order valence-corrected chi connectivity index (χ2v) is 8.05. The minimum Gasteiger partial charge on any atom is -0.484 e. The van der Waals surface area contributed by atoms with Crippen LogP contribution in [0.3, 0.4) is 0 Å². The van der Waals surface area contributed by atoms with Gasteiger partial charge in [0.2, 0.25) is 5.91 Å². The molecule has 4 rings (SSSR count). The summed E-state index contributed by atoms with van der Waals surface area (Å²) < 4.78 is 11.1. The normalized spacial score (nSPS) is 14.7. The largest absolute Gasteiger partial charge is 0.484 e. The summed E-state index contributed by atoms with van der Waals surface area (Å²) in [6.45, 7) is 3.65. The average molecular weight is 426 g/mol. The lowest BCUT2D eigenvalue weighted by atomic mass is 9.95. The van der Waals surface area contributed by atoms with Gasteiger partial charge >= 0.3 is 0 Å². The number of halogens is 1. The third kappa shape index (κ3) is 5.19. The van der Waals surface area contributed by atoms with Crippen molar-refractivity contribution in [3.8, 4) is 5.75 Å².